The number of esters is 1. The SMILES string of the molecule is C/C=C/c1cc(C(=O)OCC)[nH]c1CSC. The van der Waals surface area contributed by atoms with Crippen molar-refractivity contribution in [3.05, 3.63) is 29.1 Å². The minimum atomic E-state index is -0.291. The first-order valence-electron chi connectivity index (χ1n) is 5.23. The van der Waals surface area contributed by atoms with Crippen molar-refractivity contribution in [3.8, 4) is 0 Å². The molecule has 0 unspecified atom stereocenters. The molecule has 0 aliphatic carbocycles. The third kappa shape index (κ3) is 3.17. The van der Waals surface area contributed by atoms with E-state index in [2.05, 4.69) is 4.98 Å². The molecule has 88 valence electrons. The third-order valence-electron chi connectivity index (χ3n) is 2.06. The van der Waals surface area contributed by atoms with Gasteiger partial charge in [-0.2, -0.15) is 11.8 Å². The quantitative estimate of drug-likeness (QED) is 0.803. The normalized spacial score (nSPS) is 10.9. The van der Waals surface area contributed by atoms with Gasteiger partial charge in [-0.25, -0.2) is 4.79 Å². The topological polar surface area (TPSA) is 42.1 Å². The number of H-pyrrole nitrogens is 1. The number of hydrogen-bond acceptors (Lipinski definition) is 3. The van der Waals surface area contributed by atoms with Gasteiger partial charge in [-0.15, -0.1) is 0 Å². The molecule has 0 spiro atoms. The fourth-order valence-corrected chi connectivity index (χ4v) is 1.95. The highest BCUT2D eigenvalue weighted by Crippen LogP contribution is 2.18. The lowest BCUT2D eigenvalue weighted by molar-refractivity contribution is 0.0520. The van der Waals surface area contributed by atoms with Gasteiger partial charge in [-0.1, -0.05) is 12.2 Å². The van der Waals surface area contributed by atoms with Crippen molar-refractivity contribution in [1.29, 1.82) is 0 Å². The molecule has 1 N–H and O–H groups in total. The van der Waals surface area contributed by atoms with Gasteiger partial charge in [-0.3, -0.25) is 0 Å². The first-order chi connectivity index (χ1) is 7.72. The Kier molecular flexibility index (Phi) is 5.19. The molecule has 16 heavy (non-hydrogen) atoms. The summed E-state index contributed by atoms with van der Waals surface area (Å²) in [5, 5.41) is 0. The molecule has 3 nitrogen and oxygen atoms in total. The van der Waals surface area contributed by atoms with E-state index in [4.69, 9.17) is 4.74 Å². The Morgan fingerprint density at radius 2 is 2.38 bits per heavy atom. The predicted molar refractivity (Wildman–Crippen MR) is 68.7 cm³/mol. The van der Waals surface area contributed by atoms with Gasteiger partial charge in [0.1, 0.15) is 5.69 Å². The lowest BCUT2D eigenvalue weighted by Crippen LogP contribution is -2.04. The van der Waals surface area contributed by atoms with E-state index in [9.17, 15) is 4.79 Å². The molecule has 0 fully saturated rings. The molecule has 0 aliphatic heterocycles. The summed E-state index contributed by atoms with van der Waals surface area (Å²) in [5.41, 5.74) is 2.65. The molecule has 0 aromatic carbocycles. The molecule has 0 bridgehead atoms. The Morgan fingerprint density at radius 3 is 2.94 bits per heavy atom. The second kappa shape index (κ2) is 6.43. The minimum absolute atomic E-state index is 0.291. The Morgan fingerprint density at radius 1 is 1.62 bits per heavy atom. The fourth-order valence-electron chi connectivity index (χ4n) is 1.42. The van der Waals surface area contributed by atoms with Crippen molar-refractivity contribution < 1.29 is 9.53 Å². The Bertz CT molecular complexity index is 382. The lowest BCUT2D eigenvalue weighted by Gasteiger charge is -1.98. The molecule has 0 aliphatic rings. The molecule has 4 heteroatoms. The number of allylic oxidation sites excluding steroid dienone is 1. The summed E-state index contributed by atoms with van der Waals surface area (Å²) in [6.45, 7) is 4.16. The summed E-state index contributed by atoms with van der Waals surface area (Å²) in [6, 6.07) is 1.84. The van der Waals surface area contributed by atoms with E-state index < -0.39 is 0 Å². The van der Waals surface area contributed by atoms with E-state index >= 15 is 0 Å². The maximum atomic E-state index is 11.5. The summed E-state index contributed by atoms with van der Waals surface area (Å²) >= 11 is 1.72. The van der Waals surface area contributed by atoms with Crippen LogP contribution in [0.2, 0.25) is 0 Å². The number of ether oxygens (including phenoxy) is 1. The number of thioether (sulfide) groups is 1. The van der Waals surface area contributed by atoms with Gasteiger partial charge < -0.3 is 9.72 Å². The monoisotopic (exact) mass is 239 g/mol. The number of nitrogens with one attached hydrogen (secondary N) is 1. The van der Waals surface area contributed by atoms with Crippen molar-refractivity contribution in [3.63, 3.8) is 0 Å². The summed E-state index contributed by atoms with van der Waals surface area (Å²) in [6.07, 6.45) is 5.98. The number of carbonyl (C=O) groups excluding carboxylic acids is 1. The van der Waals surface area contributed by atoms with Crippen LogP contribution < -0.4 is 0 Å². The molecule has 1 rings (SSSR count). The summed E-state index contributed by atoms with van der Waals surface area (Å²) in [5.74, 6) is 0.569. The second-order valence-corrected chi connectivity index (χ2v) is 4.14. The standard InChI is InChI=1S/C12H17NO2S/c1-4-6-9-7-10(12(14)15-5-2)13-11(9)8-16-3/h4,6-7,13H,5,8H2,1-3H3/b6-4+. The highest BCUT2D eigenvalue weighted by molar-refractivity contribution is 7.97. The highest BCUT2D eigenvalue weighted by atomic mass is 32.2. The van der Waals surface area contributed by atoms with E-state index in [0.29, 0.717) is 12.3 Å². The van der Waals surface area contributed by atoms with Crippen LogP contribution in [0.5, 0.6) is 0 Å². The van der Waals surface area contributed by atoms with Crippen LogP contribution >= 0.6 is 11.8 Å². The first kappa shape index (κ1) is 12.9. The van der Waals surface area contributed by atoms with Crippen molar-refractivity contribution in [2.45, 2.75) is 19.6 Å². The lowest BCUT2D eigenvalue weighted by atomic mass is 10.2. The zero-order valence-electron chi connectivity index (χ0n) is 9.87. The van der Waals surface area contributed by atoms with E-state index in [0.717, 1.165) is 17.0 Å². The van der Waals surface area contributed by atoms with Crippen LogP contribution in [0, 0.1) is 0 Å². The van der Waals surface area contributed by atoms with Gasteiger partial charge in [-0.05, 0) is 31.7 Å². The predicted octanol–water partition coefficient (Wildman–Crippen LogP) is 3.09. The van der Waals surface area contributed by atoms with Crippen molar-refractivity contribution >= 4 is 23.8 Å². The number of aromatic amines is 1. The largest absolute Gasteiger partial charge is 0.461 e. The summed E-state index contributed by atoms with van der Waals surface area (Å²) in [7, 11) is 0. The van der Waals surface area contributed by atoms with E-state index in [1.54, 1.807) is 18.7 Å². The molecule has 0 amide bonds. The van der Waals surface area contributed by atoms with Crippen molar-refractivity contribution in [2.75, 3.05) is 12.9 Å². The molecule has 1 aromatic heterocycles. The smallest absolute Gasteiger partial charge is 0.354 e. The van der Waals surface area contributed by atoms with Gasteiger partial charge >= 0.3 is 5.97 Å². The average Bonchev–Trinajstić information content (AvgIpc) is 2.64. The Hall–Kier alpha value is -1.16. The van der Waals surface area contributed by atoms with Crippen LogP contribution in [0.3, 0.4) is 0 Å². The Labute approximate surface area is 100 Å². The van der Waals surface area contributed by atoms with Crippen LogP contribution in [-0.4, -0.2) is 23.8 Å². The van der Waals surface area contributed by atoms with Gasteiger partial charge in [0.25, 0.3) is 0 Å². The zero-order chi connectivity index (χ0) is 12.0. The van der Waals surface area contributed by atoms with Crippen molar-refractivity contribution in [2.24, 2.45) is 0 Å². The van der Waals surface area contributed by atoms with Gasteiger partial charge in [0.15, 0.2) is 0 Å². The van der Waals surface area contributed by atoms with Gasteiger partial charge in [0.05, 0.1) is 6.61 Å². The molecule has 1 aromatic rings. The fraction of sp³-hybridized carbons (Fsp3) is 0.417. The Balaban J connectivity index is 2.95. The van der Waals surface area contributed by atoms with E-state index in [-0.39, 0.29) is 5.97 Å². The van der Waals surface area contributed by atoms with Crippen LogP contribution in [0.1, 0.15) is 35.6 Å². The summed E-state index contributed by atoms with van der Waals surface area (Å²) in [4.78, 5) is 14.6. The zero-order valence-corrected chi connectivity index (χ0v) is 10.7. The van der Waals surface area contributed by atoms with Crippen LogP contribution in [0.4, 0.5) is 0 Å². The maximum Gasteiger partial charge on any atom is 0.354 e. The van der Waals surface area contributed by atoms with E-state index in [1.165, 1.54) is 0 Å². The molecule has 0 atom stereocenters. The van der Waals surface area contributed by atoms with Gasteiger partial charge in [0.2, 0.25) is 0 Å². The molecule has 0 saturated carbocycles. The maximum absolute atomic E-state index is 11.5. The number of aromatic nitrogens is 1. The van der Waals surface area contributed by atoms with Crippen LogP contribution in [-0.2, 0) is 10.5 Å². The van der Waals surface area contributed by atoms with Crippen LogP contribution in [0.25, 0.3) is 6.08 Å². The number of rotatable bonds is 5. The van der Waals surface area contributed by atoms with E-state index in [1.807, 2.05) is 31.4 Å². The van der Waals surface area contributed by atoms with Crippen molar-refractivity contribution in [1.82, 2.24) is 4.98 Å². The number of carbonyl (C=O) groups is 1. The minimum Gasteiger partial charge on any atom is -0.461 e. The molecular weight excluding hydrogens is 222 g/mol. The summed E-state index contributed by atoms with van der Waals surface area (Å²) < 4.78 is 4.95. The first-order valence-corrected chi connectivity index (χ1v) is 6.63. The highest BCUT2D eigenvalue weighted by Gasteiger charge is 2.12. The number of hydrogen-bond donors (Lipinski definition) is 1. The van der Waals surface area contributed by atoms with Gasteiger partial charge in [0, 0.05) is 11.4 Å². The second-order valence-electron chi connectivity index (χ2n) is 3.27. The molecular formula is C12H17NO2S. The molecule has 0 saturated heterocycles. The third-order valence-corrected chi connectivity index (χ3v) is 2.64. The average molecular weight is 239 g/mol. The molecule has 1 heterocycles. The van der Waals surface area contributed by atoms with Crippen LogP contribution in [0.15, 0.2) is 12.1 Å². The molecule has 0 radical (unpaired) electrons.